The molecule has 0 spiro atoms. The number of unbranched alkanes of at least 4 members (excludes halogenated alkanes) is 1. The van der Waals surface area contributed by atoms with Gasteiger partial charge in [-0.05, 0) is 19.3 Å². The van der Waals surface area contributed by atoms with Gasteiger partial charge in [-0.15, -0.1) is 11.6 Å². The number of ether oxygens (including phenoxy) is 1. The molecule has 0 N–H and O–H groups in total. The van der Waals surface area contributed by atoms with Crippen molar-refractivity contribution < 1.29 is 13.2 Å². The Balaban J connectivity index is 2.43. The van der Waals surface area contributed by atoms with Crippen LogP contribution in [0.4, 0.5) is 0 Å². The fourth-order valence-corrected chi connectivity index (χ4v) is 3.29. The fourth-order valence-electron chi connectivity index (χ4n) is 1.51. The predicted molar refractivity (Wildman–Crippen MR) is 60.7 cm³/mol. The van der Waals surface area contributed by atoms with Gasteiger partial charge in [0.05, 0.1) is 12.4 Å². The van der Waals surface area contributed by atoms with Gasteiger partial charge >= 0.3 is 0 Å². The number of nitrogens with zero attached hydrogens (tertiary/aromatic N) is 1. The van der Waals surface area contributed by atoms with Gasteiger partial charge in [0, 0.05) is 25.6 Å². The molecular weight excluding hydrogens is 238 g/mol. The molecule has 0 saturated carbocycles. The van der Waals surface area contributed by atoms with E-state index in [0.717, 1.165) is 12.8 Å². The topological polar surface area (TPSA) is 46.6 Å². The minimum atomic E-state index is -3.08. The van der Waals surface area contributed by atoms with Gasteiger partial charge in [-0.3, -0.25) is 0 Å². The third-order valence-corrected chi connectivity index (χ3v) is 4.58. The zero-order chi connectivity index (χ0) is 11.1. The summed E-state index contributed by atoms with van der Waals surface area (Å²) in [7, 11) is -3.08. The van der Waals surface area contributed by atoms with E-state index in [2.05, 4.69) is 0 Å². The van der Waals surface area contributed by atoms with E-state index in [1.165, 1.54) is 4.31 Å². The molecule has 1 rings (SSSR count). The Kier molecular flexibility index (Phi) is 5.89. The summed E-state index contributed by atoms with van der Waals surface area (Å²) in [5.74, 6) is 0.734. The van der Waals surface area contributed by atoms with Crippen LogP contribution in [-0.4, -0.2) is 50.7 Å². The average Bonchev–Trinajstić information content (AvgIpc) is 2.46. The van der Waals surface area contributed by atoms with Crippen LogP contribution < -0.4 is 0 Å². The maximum Gasteiger partial charge on any atom is 0.214 e. The SMILES string of the molecule is O=S(=O)(CCCCCl)N1CCCOCC1. The van der Waals surface area contributed by atoms with Crippen molar-refractivity contribution in [1.29, 1.82) is 0 Å². The van der Waals surface area contributed by atoms with Crippen molar-refractivity contribution in [2.24, 2.45) is 0 Å². The lowest BCUT2D eigenvalue weighted by molar-refractivity contribution is 0.148. The van der Waals surface area contributed by atoms with Gasteiger partial charge in [0.15, 0.2) is 0 Å². The largest absolute Gasteiger partial charge is 0.380 e. The average molecular weight is 256 g/mol. The lowest BCUT2D eigenvalue weighted by atomic mass is 10.4. The number of alkyl halides is 1. The molecule has 1 heterocycles. The van der Waals surface area contributed by atoms with Crippen LogP contribution in [0.1, 0.15) is 19.3 Å². The molecule has 15 heavy (non-hydrogen) atoms. The Morgan fingerprint density at radius 3 is 2.73 bits per heavy atom. The Morgan fingerprint density at radius 1 is 1.20 bits per heavy atom. The molecule has 0 aromatic heterocycles. The summed E-state index contributed by atoms with van der Waals surface area (Å²) >= 11 is 5.51. The van der Waals surface area contributed by atoms with Crippen molar-refractivity contribution in [1.82, 2.24) is 4.31 Å². The Bertz CT molecular complexity index is 261. The van der Waals surface area contributed by atoms with E-state index in [0.29, 0.717) is 38.6 Å². The first-order valence-corrected chi connectivity index (χ1v) is 7.43. The Labute approximate surface area is 96.6 Å². The molecule has 1 saturated heterocycles. The molecule has 0 unspecified atom stereocenters. The van der Waals surface area contributed by atoms with Crippen LogP contribution in [0.3, 0.4) is 0 Å². The van der Waals surface area contributed by atoms with Crippen molar-refractivity contribution in [3.8, 4) is 0 Å². The first-order chi connectivity index (χ1) is 7.17. The van der Waals surface area contributed by atoms with Crippen molar-refractivity contribution in [2.75, 3.05) is 37.9 Å². The van der Waals surface area contributed by atoms with Gasteiger partial charge in [0.1, 0.15) is 0 Å². The van der Waals surface area contributed by atoms with Crippen molar-refractivity contribution in [3.05, 3.63) is 0 Å². The monoisotopic (exact) mass is 255 g/mol. The van der Waals surface area contributed by atoms with Gasteiger partial charge in [-0.1, -0.05) is 0 Å². The van der Waals surface area contributed by atoms with Crippen LogP contribution in [-0.2, 0) is 14.8 Å². The first kappa shape index (κ1) is 13.2. The molecular formula is C9H18ClNO3S. The van der Waals surface area contributed by atoms with Crippen molar-refractivity contribution in [3.63, 3.8) is 0 Å². The molecule has 0 bridgehead atoms. The minimum absolute atomic E-state index is 0.208. The number of hydrogen-bond donors (Lipinski definition) is 0. The van der Waals surface area contributed by atoms with E-state index >= 15 is 0 Å². The smallest absolute Gasteiger partial charge is 0.214 e. The second kappa shape index (κ2) is 6.68. The van der Waals surface area contributed by atoms with Gasteiger partial charge < -0.3 is 4.74 Å². The van der Waals surface area contributed by atoms with Gasteiger partial charge in [0.25, 0.3) is 0 Å². The predicted octanol–water partition coefficient (Wildman–Crippen LogP) is 1.06. The van der Waals surface area contributed by atoms with Crippen LogP contribution in [0, 0.1) is 0 Å². The molecule has 0 atom stereocenters. The molecule has 1 fully saturated rings. The summed E-state index contributed by atoms with van der Waals surface area (Å²) < 4.78 is 30.4. The zero-order valence-corrected chi connectivity index (χ0v) is 10.4. The summed E-state index contributed by atoms with van der Waals surface area (Å²) in [4.78, 5) is 0. The second-order valence-corrected chi connectivity index (χ2v) is 6.04. The molecule has 1 aliphatic heterocycles. The van der Waals surface area contributed by atoms with E-state index in [1.54, 1.807) is 0 Å². The summed E-state index contributed by atoms with van der Waals surface area (Å²) in [6.45, 7) is 2.24. The highest BCUT2D eigenvalue weighted by Crippen LogP contribution is 2.08. The normalized spacial score (nSPS) is 20.1. The molecule has 6 heteroatoms. The van der Waals surface area contributed by atoms with E-state index < -0.39 is 10.0 Å². The maximum absolute atomic E-state index is 11.8. The van der Waals surface area contributed by atoms with Crippen molar-refractivity contribution >= 4 is 21.6 Å². The number of halogens is 1. The van der Waals surface area contributed by atoms with Gasteiger partial charge in [0.2, 0.25) is 10.0 Å². The molecule has 0 aromatic carbocycles. The second-order valence-electron chi connectivity index (χ2n) is 3.58. The van der Waals surface area contributed by atoms with E-state index in [-0.39, 0.29) is 5.75 Å². The number of rotatable bonds is 5. The molecule has 90 valence electrons. The summed E-state index contributed by atoms with van der Waals surface area (Å²) in [5.41, 5.74) is 0. The van der Waals surface area contributed by atoms with Crippen LogP contribution in [0.2, 0.25) is 0 Å². The van der Waals surface area contributed by atoms with E-state index in [1.807, 2.05) is 0 Å². The van der Waals surface area contributed by atoms with Gasteiger partial charge in [-0.25, -0.2) is 8.42 Å². The Hall–Kier alpha value is 0.160. The third kappa shape index (κ3) is 4.68. The molecule has 0 aromatic rings. The summed E-state index contributed by atoms with van der Waals surface area (Å²) in [6.07, 6.45) is 2.18. The van der Waals surface area contributed by atoms with E-state index in [4.69, 9.17) is 16.3 Å². The van der Waals surface area contributed by atoms with E-state index in [9.17, 15) is 8.42 Å². The maximum atomic E-state index is 11.8. The number of hydrogen-bond acceptors (Lipinski definition) is 3. The van der Waals surface area contributed by atoms with Crippen LogP contribution in [0.25, 0.3) is 0 Å². The highest BCUT2D eigenvalue weighted by atomic mass is 35.5. The van der Waals surface area contributed by atoms with Crippen LogP contribution in [0.15, 0.2) is 0 Å². The molecule has 1 aliphatic rings. The molecule has 4 nitrogen and oxygen atoms in total. The molecule has 0 amide bonds. The Morgan fingerprint density at radius 2 is 2.00 bits per heavy atom. The van der Waals surface area contributed by atoms with Gasteiger partial charge in [-0.2, -0.15) is 4.31 Å². The zero-order valence-electron chi connectivity index (χ0n) is 8.82. The standard InChI is InChI=1S/C9H18ClNO3S/c10-4-1-2-9-15(12,13)11-5-3-7-14-8-6-11/h1-9H2. The van der Waals surface area contributed by atoms with Crippen molar-refractivity contribution in [2.45, 2.75) is 19.3 Å². The fraction of sp³-hybridized carbons (Fsp3) is 1.00. The number of sulfonamides is 1. The summed E-state index contributed by atoms with van der Waals surface area (Å²) in [5, 5.41) is 0. The molecule has 0 radical (unpaired) electrons. The highest BCUT2D eigenvalue weighted by molar-refractivity contribution is 7.89. The van der Waals surface area contributed by atoms with Crippen LogP contribution >= 0.6 is 11.6 Å². The first-order valence-electron chi connectivity index (χ1n) is 5.28. The highest BCUT2D eigenvalue weighted by Gasteiger charge is 2.22. The lowest BCUT2D eigenvalue weighted by Gasteiger charge is -2.18. The molecule has 0 aliphatic carbocycles. The van der Waals surface area contributed by atoms with Crippen LogP contribution in [0.5, 0.6) is 0 Å². The minimum Gasteiger partial charge on any atom is -0.380 e. The third-order valence-electron chi connectivity index (χ3n) is 2.36. The summed E-state index contributed by atoms with van der Waals surface area (Å²) in [6, 6.07) is 0. The lowest BCUT2D eigenvalue weighted by Crippen LogP contribution is -2.35. The quantitative estimate of drug-likeness (QED) is 0.545.